The molecule has 0 atom stereocenters. The van der Waals surface area contributed by atoms with Crippen molar-refractivity contribution in [3.05, 3.63) is 59.9 Å². The van der Waals surface area contributed by atoms with Crippen molar-refractivity contribution in [3.63, 3.8) is 0 Å². The summed E-state index contributed by atoms with van der Waals surface area (Å²) >= 11 is 0. The predicted molar refractivity (Wildman–Crippen MR) is 62.3 cm³/mol. The molecule has 0 bridgehead atoms. The molecule has 1 nitrogen and oxygen atoms in total. The number of hydrogen-bond donors (Lipinski definition) is 0. The molecule has 0 saturated heterocycles. The van der Waals surface area contributed by atoms with Gasteiger partial charge in [-0.25, -0.2) is 4.39 Å². The Balaban J connectivity index is 2.16. The molecule has 16 heavy (non-hydrogen) atoms. The molecule has 0 aromatic heterocycles. The van der Waals surface area contributed by atoms with Gasteiger partial charge in [0.15, 0.2) is 0 Å². The first kappa shape index (κ1) is 10.7. The van der Waals surface area contributed by atoms with Crippen LogP contribution in [0.15, 0.2) is 48.5 Å². The average Bonchev–Trinajstić information content (AvgIpc) is 2.32. The largest absolute Gasteiger partial charge is 0.457 e. The zero-order chi connectivity index (χ0) is 11.4. The monoisotopic (exact) mass is 216 g/mol. The SMILES string of the molecule is CCc1cccc(Oc2ccc(F)cc2)c1. The standard InChI is InChI=1S/C14H13FO/c1-2-11-4-3-5-14(10-11)16-13-8-6-12(15)7-9-13/h3-10H,2H2,1H3. The maximum atomic E-state index is 12.7. The molecule has 0 radical (unpaired) electrons. The Morgan fingerprint density at radius 1 is 1.00 bits per heavy atom. The first-order valence-corrected chi connectivity index (χ1v) is 5.30. The minimum atomic E-state index is -0.255. The molecule has 0 N–H and O–H groups in total. The second kappa shape index (κ2) is 4.79. The van der Waals surface area contributed by atoms with Crippen LogP contribution in [0.2, 0.25) is 0 Å². The molecular formula is C14H13FO. The minimum absolute atomic E-state index is 0.255. The lowest BCUT2D eigenvalue weighted by Crippen LogP contribution is -1.86. The van der Waals surface area contributed by atoms with E-state index < -0.39 is 0 Å². The van der Waals surface area contributed by atoms with Gasteiger partial charge in [-0.3, -0.25) is 0 Å². The van der Waals surface area contributed by atoms with Crippen LogP contribution in [0.25, 0.3) is 0 Å². The highest BCUT2D eigenvalue weighted by molar-refractivity contribution is 5.33. The van der Waals surface area contributed by atoms with Gasteiger partial charge >= 0.3 is 0 Å². The third kappa shape index (κ3) is 2.60. The number of hydrogen-bond acceptors (Lipinski definition) is 1. The summed E-state index contributed by atoms with van der Waals surface area (Å²) in [5.41, 5.74) is 1.22. The molecule has 0 unspecified atom stereocenters. The Labute approximate surface area is 94.5 Å². The Kier molecular flexibility index (Phi) is 3.20. The van der Waals surface area contributed by atoms with Crippen LogP contribution < -0.4 is 4.74 Å². The lowest BCUT2D eigenvalue weighted by atomic mass is 10.2. The highest BCUT2D eigenvalue weighted by Gasteiger charge is 1.98. The molecule has 82 valence electrons. The smallest absolute Gasteiger partial charge is 0.127 e. The highest BCUT2D eigenvalue weighted by Crippen LogP contribution is 2.22. The van der Waals surface area contributed by atoms with Gasteiger partial charge in [-0.05, 0) is 48.4 Å². The molecule has 0 aliphatic carbocycles. The molecule has 0 heterocycles. The fourth-order valence-electron chi connectivity index (χ4n) is 1.47. The zero-order valence-corrected chi connectivity index (χ0v) is 9.11. The molecule has 0 saturated carbocycles. The maximum absolute atomic E-state index is 12.7. The molecule has 2 rings (SSSR count). The topological polar surface area (TPSA) is 9.23 Å². The summed E-state index contributed by atoms with van der Waals surface area (Å²) in [6, 6.07) is 13.9. The Morgan fingerprint density at radius 2 is 1.75 bits per heavy atom. The summed E-state index contributed by atoms with van der Waals surface area (Å²) in [5.74, 6) is 1.18. The average molecular weight is 216 g/mol. The van der Waals surface area contributed by atoms with Gasteiger partial charge in [-0.2, -0.15) is 0 Å². The molecule has 0 aliphatic heterocycles. The van der Waals surface area contributed by atoms with Crippen molar-refractivity contribution in [2.24, 2.45) is 0 Å². The summed E-state index contributed by atoms with van der Waals surface area (Å²) < 4.78 is 18.3. The van der Waals surface area contributed by atoms with Gasteiger partial charge in [0.1, 0.15) is 17.3 Å². The number of halogens is 1. The summed E-state index contributed by atoms with van der Waals surface area (Å²) in [4.78, 5) is 0. The third-order valence-electron chi connectivity index (χ3n) is 2.36. The first-order chi connectivity index (χ1) is 7.78. The van der Waals surface area contributed by atoms with Crippen LogP contribution in [-0.2, 0) is 6.42 Å². The van der Waals surface area contributed by atoms with E-state index in [2.05, 4.69) is 13.0 Å². The number of ether oxygens (including phenoxy) is 1. The van der Waals surface area contributed by atoms with Crippen molar-refractivity contribution in [1.82, 2.24) is 0 Å². The van der Waals surface area contributed by atoms with Crippen molar-refractivity contribution in [2.45, 2.75) is 13.3 Å². The minimum Gasteiger partial charge on any atom is -0.457 e. The van der Waals surface area contributed by atoms with Crippen molar-refractivity contribution in [1.29, 1.82) is 0 Å². The van der Waals surface area contributed by atoms with E-state index in [-0.39, 0.29) is 5.82 Å². The van der Waals surface area contributed by atoms with Crippen molar-refractivity contribution in [2.75, 3.05) is 0 Å². The predicted octanol–water partition coefficient (Wildman–Crippen LogP) is 4.18. The third-order valence-corrected chi connectivity index (χ3v) is 2.36. The molecule has 2 aromatic carbocycles. The van der Waals surface area contributed by atoms with Gasteiger partial charge < -0.3 is 4.74 Å². The van der Waals surface area contributed by atoms with Crippen molar-refractivity contribution in [3.8, 4) is 11.5 Å². The van der Waals surface area contributed by atoms with Crippen LogP contribution in [0.5, 0.6) is 11.5 Å². The van der Waals surface area contributed by atoms with Crippen LogP contribution in [-0.4, -0.2) is 0 Å². The second-order valence-corrected chi connectivity index (χ2v) is 3.56. The van der Waals surface area contributed by atoms with E-state index in [0.717, 1.165) is 12.2 Å². The van der Waals surface area contributed by atoms with Crippen LogP contribution >= 0.6 is 0 Å². The van der Waals surface area contributed by atoms with E-state index in [1.54, 1.807) is 12.1 Å². The lowest BCUT2D eigenvalue weighted by Gasteiger charge is -2.06. The van der Waals surface area contributed by atoms with Gasteiger partial charge in [0.2, 0.25) is 0 Å². The van der Waals surface area contributed by atoms with Gasteiger partial charge in [0.25, 0.3) is 0 Å². The quantitative estimate of drug-likeness (QED) is 0.747. The van der Waals surface area contributed by atoms with E-state index in [1.807, 2.05) is 18.2 Å². The summed E-state index contributed by atoms with van der Waals surface area (Å²) in [6.07, 6.45) is 0.973. The maximum Gasteiger partial charge on any atom is 0.127 e. The molecule has 2 heteroatoms. The van der Waals surface area contributed by atoms with Crippen LogP contribution in [0.3, 0.4) is 0 Å². The number of rotatable bonds is 3. The molecular weight excluding hydrogens is 203 g/mol. The Bertz CT molecular complexity index is 462. The fourth-order valence-corrected chi connectivity index (χ4v) is 1.47. The van der Waals surface area contributed by atoms with Crippen LogP contribution in [0.1, 0.15) is 12.5 Å². The van der Waals surface area contributed by atoms with Crippen LogP contribution in [0.4, 0.5) is 4.39 Å². The normalized spacial score (nSPS) is 10.1. The van der Waals surface area contributed by atoms with E-state index in [0.29, 0.717) is 5.75 Å². The summed E-state index contributed by atoms with van der Waals surface area (Å²) in [6.45, 7) is 2.09. The number of benzene rings is 2. The van der Waals surface area contributed by atoms with E-state index >= 15 is 0 Å². The van der Waals surface area contributed by atoms with E-state index in [4.69, 9.17) is 4.74 Å². The van der Waals surface area contributed by atoms with Crippen LogP contribution in [0, 0.1) is 5.82 Å². The van der Waals surface area contributed by atoms with Crippen molar-refractivity contribution >= 4 is 0 Å². The van der Waals surface area contributed by atoms with E-state index in [1.165, 1.54) is 17.7 Å². The lowest BCUT2D eigenvalue weighted by molar-refractivity contribution is 0.480. The molecule has 0 aliphatic rings. The van der Waals surface area contributed by atoms with Gasteiger partial charge in [0, 0.05) is 0 Å². The summed E-state index contributed by atoms with van der Waals surface area (Å²) in [7, 11) is 0. The second-order valence-electron chi connectivity index (χ2n) is 3.56. The first-order valence-electron chi connectivity index (χ1n) is 5.30. The Hall–Kier alpha value is -1.83. The van der Waals surface area contributed by atoms with Crippen molar-refractivity contribution < 1.29 is 9.13 Å². The zero-order valence-electron chi connectivity index (χ0n) is 9.11. The van der Waals surface area contributed by atoms with E-state index in [9.17, 15) is 4.39 Å². The number of aryl methyl sites for hydroxylation is 1. The summed E-state index contributed by atoms with van der Waals surface area (Å²) in [5, 5.41) is 0. The molecule has 0 spiro atoms. The Morgan fingerprint density at radius 3 is 2.44 bits per heavy atom. The van der Waals surface area contributed by atoms with Gasteiger partial charge in [0.05, 0.1) is 0 Å². The molecule has 2 aromatic rings. The van der Waals surface area contributed by atoms with Gasteiger partial charge in [-0.1, -0.05) is 19.1 Å². The molecule has 0 amide bonds. The highest BCUT2D eigenvalue weighted by atomic mass is 19.1. The van der Waals surface area contributed by atoms with Gasteiger partial charge in [-0.15, -0.1) is 0 Å². The fraction of sp³-hybridized carbons (Fsp3) is 0.143. The molecule has 0 fully saturated rings.